The number of nitrogens with one attached hydrogen (secondary N) is 2. The lowest BCUT2D eigenvalue weighted by molar-refractivity contribution is 0.161. The molecule has 2 atom stereocenters. The van der Waals surface area contributed by atoms with Crippen LogP contribution < -0.4 is 10.6 Å². The van der Waals surface area contributed by atoms with Gasteiger partial charge >= 0.3 is 0 Å². The van der Waals surface area contributed by atoms with Gasteiger partial charge in [0.15, 0.2) is 5.96 Å². The van der Waals surface area contributed by atoms with E-state index in [9.17, 15) is 0 Å². The Bertz CT molecular complexity index is 288. The van der Waals surface area contributed by atoms with Gasteiger partial charge in [-0.15, -0.1) is 0 Å². The number of likely N-dealkylation sites (tertiary alicyclic amines) is 1. The number of aliphatic imine (C=N–C) groups is 1. The van der Waals surface area contributed by atoms with Crippen molar-refractivity contribution in [1.82, 2.24) is 15.5 Å². The Morgan fingerprint density at radius 2 is 2.00 bits per heavy atom. The highest BCUT2D eigenvalue weighted by molar-refractivity contribution is 5.80. The molecule has 0 bridgehead atoms. The summed E-state index contributed by atoms with van der Waals surface area (Å²) in [5.74, 6) is 1.58. The minimum atomic E-state index is 0.446. The summed E-state index contributed by atoms with van der Waals surface area (Å²) >= 11 is 0. The van der Waals surface area contributed by atoms with Crippen molar-refractivity contribution in [2.75, 3.05) is 26.2 Å². The number of guanidine groups is 1. The third-order valence-corrected chi connectivity index (χ3v) is 4.32. The summed E-state index contributed by atoms with van der Waals surface area (Å²) in [6.45, 7) is 15.3. The van der Waals surface area contributed by atoms with Gasteiger partial charge in [-0.2, -0.15) is 0 Å². The number of rotatable bonds is 6. The van der Waals surface area contributed by atoms with E-state index < -0.39 is 0 Å². The molecule has 0 saturated carbocycles. The van der Waals surface area contributed by atoms with Crippen molar-refractivity contribution in [3.63, 3.8) is 0 Å². The van der Waals surface area contributed by atoms with Gasteiger partial charge in [0.2, 0.25) is 0 Å². The Hall–Kier alpha value is -0.770. The SMILES string of the molecule is CCNC(=NCC1CCCCN1CC)NC(C)C(C)C. The molecule has 1 rings (SSSR count). The van der Waals surface area contributed by atoms with E-state index in [-0.39, 0.29) is 0 Å². The highest BCUT2D eigenvalue weighted by atomic mass is 15.2. The van der Waals surface area contributed by atoms with Crippen molar-refractivity contribution in [1.29, 1.82) is 0 Å². The van der Waals surface area contributed by atoms with Crippen molar-refractivity contribution in [3.8, 4) is 0 Å². The molecule has 0 aliphatic carbocycles. The molecule has 0 amide bonds. The molecule has 1 heterocycles. The Kier molecular flexibility index (Phi) is 7.97. The van der Waals surface area contributed by atoms with E-state index in [0.29, 0.717) is 18.0 Å². The molecule has 0 spiro atoms. The van der Waals surface area contributed by atoms with Gasteiger partial charge in [0.25, 0.3) is 0 Å². The van der Waals surface area contributed by atoms with Crippen LogP contribution in [0.2, 0.25) is 0 Å². The standard InChI is InChI=1S/C16H34N4/c1-6-17-16(19-14(5)13(3)4)18-12-15-10-8-9-11-20(15)7-2/h13-15H,6-12H2,1-5H3,(H2,17,18,19). The van der Waals surface area contributed by atoms with E-state index in [1.807, 2.05) is 0 Å². The van der Waals surface area contributed by atoms with Crippen molar-refractivity contribution >= 4 is 5.96 Å². The third kappa shape index (κ3) is 5.70. The zero-order chi connectivity index (χ0) is 15.0. The molecule has 0 aromatic heterocycles. The van der Waals surface area contributed by atoms with Gasteiger partial charge in [-0.05, 0) is 45.7 Å². The van der Waals surface area contributed by atoms with Gasteiger partial charge in [0.1, 0.15) is 0 Å². The van der Waals surface area contributed by atoms with Crippen molar-refractivity contribution < 1.29 is 0 Å². The zero-order valence-corrected chi connectivity index (χ0v) is 14.1. The zero-order valence-electron chi connectivity index (χ0n) is 14.1. The molecule has 118 valence electrons. The topological polar surface area (TPSA) is 39.7 Å². The first kappa shape index (κ1) is 17.3. The molecule has 1 aliphatic heterocycles. The smallest absolute Gasteiger partial charge is 0.191 e. The van der Waals surface area contributed by atoms with Crippen molar-refractivity contribution in [2.45, 2.75) is 66.0 Å². The predicted molar refractivity (Wildman–Crippen MR) is 88.3 cm³/mol. The number of piperidine rings is 1. The third-order valence-electron chi connectivity index (χ3n) is 4.32. The molecular formula is C16H34N4. The highest BCUT2D eigenvalue weighted by Gasteiger charge is 2.20. The predicted octanol–water partition coefficient (Wildman–Crippen LogP) is 2.46. The summed E-state index contributed by atoms with van der Waals surface area (Å²) in [4.78, 5) is 7.38. The van der Waals surface area contributed by atoms with Crippen LogP contribution in [0.4, 0.5) is 0 Å². The van der Waals surface area contributed by atoms with Crippen molar-refractivity contribution in [3.05, 3.63) is 0 Å². The Morgan fingerprint density at radius 3 is 2.60 bits per heavy atom. The van der Waals surface area contributed by atoms with Crippen LogP contribution in [0.25, 0.3) is 0 Å². The first-order chi connectivity index (χ1) is 9.58. The molecular weight excluding hydrogens is 248 g/mol. The van der Waals surface area contributed by atoms with Gasteiger partial charge in [0, 0.05) is 18.6 Å². The van der Waals surface area contributed by atoms with Gasteiger partial charge in [-0.1, -0.05) is 27.2 Å². The molecule has 20 heavy (non-hydrogen) atoms. The van der Waals surface area contributed by atoms with E-state index in [1.165, 1.54) is 25.8 Å². The maximum Gasteiger partial charge on any atom is 0.191 e. The Labute approximate surface area is 125 Å². The first-order valence-electron chi connectivity index (χ1n) is 8.37. The van der Waals surface area contributed by atoms with E-state index in [2.05, 4.69) is 50.2 Å². The lowest BCUT2D eigenvalue weighted by Crippen LogP contribution is -2.46. The first-order valence-corrected chi connectivity index (χ1v) is 8.37. The normalized spacial score (nSPS) is 22.9. The summed E-state index contributed by atoms with van der Waals surface area (Å²) in [6.07, 6.45) is 3.98. The van der Waals surface area contributed by atoms with Crippen LogP contribution >= 0.6 is 0 Å². The molecule has 2 unspecified atom stereocenters. The molecule has 4 heteroatoms. The number of likely N-dealkylation sites (N-methyl/N-ethyl adjacent to an activating group) is 1. The van der Waals surface area contributed by atoms with Crippen LogP contribution in [0.5, 0.6) is 0 Å². The maximum atomic E-state index is 4.81. The van der Waals surface area contributed by atoms with Crippen LogP contribution in [0, 0.1) is 5.92 Å². The summed E-state index contributed by atoms with van der Waals surface area (Å²) in [6, 6.07) is 1.07. The number of hydrogen-bond donors (Lipinski definition) is 2. The van der Waals surface area contributed by atoms with E-state index in [1.54, 1.807) is 0 Å². The van der Waals surface area contributed by atoms with Crippen molar-refractivity contribution in [2.24, 2.45) is 10.9 Å². The number of nitrogens with zero attached hydrogens (tertiary/aromatic N) is 2. The summed E-state index contributed by atoms with van der Waals surface area (Å²) in [5.41, 5.74) is 0. The lowest BCUT2D eigenvalue weighted by atomic mass is 10.0. The molecule has 4 nitrogen and oxygen atoms in total. The van der Waals surface area contributed by atoms with Gasteiger partial charge < -0.3 is 10.6 Å². The van der Waals surface area contributed by atoms with Crippen LogP contribution in [0.3, 0.4) is 0 Å². The van der Waals surface area contributed by atoms with Crippen LogP contribution in [-0.4, -0.2) is 49.1 Å². The Balaban J connectivity index is 2.56. The van der Waals surface area contributed by atoms with Crippen LogP contribution in [0.15, 0.2) is 4.99 Å². The fourth-order valence-corrected chi connectivity index (χ4v) is 2.58. The molecule has 0 aromatic rings. The largest absolute Gasteiger partial charge is 0.357 e. The molecule has 1 aliphatic rings. The minimum Gasteiger partial charge on any atom is -0.357 e. The number of hydrogen-bond acceptors (Lipinski definition) is 2. The lowest BCUT2D eigenvalue weighted by Gasteiger charge is -2.34. The summed E-state index contributed by atoms with van der Waals surface area (Å²) in [5, 5.41) is 6.87. The van der Waals surface area contributed by atoms with E-state index in [4.69, 9.17) is 4.99 Å². The summed E-state index contributed by atoms with van der Waals surface area (Å²) < 4.78 is 0. The molecule has 0 radical (unpaired) electrons. The van der Waals surface area contributed by atoms with Gasteiger partial charge in [-0.3, -0.25) is 9.89 Å². The fraction of sp³-hybridized carbons (Fsp3) is 0.938. The molecule has 2 N–H and O–H groups in total. The van der Waals surface area contributed by atoms with Gasteiger partial charge in [0.05, 0.1) is 6.54 Å². The molecule has 0 aromatic carbocycles. The van der Waals surface area contributed by atoms with Crippen LogP contribution in [-0.2, 0) is 0 Å². The second-order valence-electron chi connectivity index (χ2n) is 6.17. The van der Waals surface area contributed by atoms with E-state index >= 15 is 0 Å². The quantitative estimate of drug-likeness (QED) is 0.581. The second kappa shape index (κ2) is 9.22. The highest BCUT2D eigenvalue weighted by Crippen LogP contribution is 2.16. The minimum absolute atomic E-state index is 0.446. The fourth-order valence-electron chi connectivity index (χ4n) is 2.58. The molecule has 1 fully saturated rings. The average Bonchev–Trinajstić information content (AvgIpc) is 2.45. The molecule has 1 saturated heterocycles. The average molecular weight is 282 g/mol. The van der Waals surface area contributed by atoms with E-state index in [0.717, 1.165) is 25.6 Å². The van der Waals surface area contributed by atoms with Gasteiger partial charge in [-0.25, -0.2) is 0 Å². The monoisotopic (exact) mass is 282 g/mol. The summed E-state index contributed by atoms with van der Waals surface area (Å²) in [7, 11) is 0. The Morgan fingerprint density at radius 1 is 1.25 bits per heavy atom. The second-order valence-corrected chi connectivity index (χ2v) is 6.17. The maximum absolute atomic E-state index is 4.81. The van der Waals surface area contributed by atoms with Crippen LogP contribution in [0.1, 0.15) is 53.9 Å².